The third kappa shape index (κ3) is 3.01. The van der Waals surface area contributed by atoms with Gasteiger partial charge < -0.3 is 5.32 Å². The van der Waals surface area contributed by atoms with Crippen molar-refractivity contribution in [3.8, 4) is 0 Å². The van der Waals surface area contributed by atoms with E-state index in [1.807, 2.05) is 10.7 Å². The predicted molar refractivity (Wildman–Crippen MR) is 72.6 cm³/mol. The summed E-state index contributed by atoms with van der Waals surface area (Å²) in [6.07, 6.45) is 2.71. The second-order valence-electron chi connectivity index (χ2n) is 5.24. The van der Waals surface area contributed by atoms with Crippen molar-refractivity contribution >= 4 is 0 Å². The van der Waals surface area contributed by atoms with Gasteiger partial charge in [0.25, 0.3) is 0 Å². The molecule has 0 atom stereocenters. The normalized spacial score (nSPS) is 16.4. The zero-order chi connectivity index (χ0) is 13.8. The Balaban J connectivity index is 1.71. The molecular weight excluding hydrogens is 257 g/mol. The molecule has 0 amide bonds. The van der Waals surface area contributed by atoms with Crippen molar-refractivity contribution in [2.45, 2.75) is 25.8 Å². The summed E-state index contributed by atoms with van der Waals surface area (Å²) in [5.41, 5.74) is 0.633. The molecule has 6 heteroatoms. The zero-order valence-electron chi connectivity index (χ0n) is 11.3. The van der Waals surface area contributed by atoms with Gasteiger partial charge in [-0.3, -0.25) is 0 Å². The number of tetrazole rings is 1. The fraction of sp³-hybridized carbons (Fsp3) is 0.500. The summed E-state index contributed by atoms with van der Waals surface area (Å²) < 4.78 is 15.5. The summed E-state index contributed by atoms with van der Waals surface area (Å²) in [6, 6.07) is 6.77. The van der Waals surface area contributed by atoms with Gasteiger partial charge in [0.05, 0.1) is 0 Å². The first-order chi connectivity index (χ1) is 9.83. The molecule has 1 aliphatic heterocycles. The molecular formula is C14H18FN5. The fourth-order valence-electron chi connectivity index (χ4n) is 2.61. The molecule has 5 nitrogen and oxygen atoms in total. The van der Waals surface area contributed by atoms with E-state index >= 15 is 0 Å². The van der Waals surface area contributed by atoms with Crippen molar-refractivity contribution in [2.75, 3.05) is 13.1 Å². The van der Waals surface area contributed by atoms with Gasteiger partial charge in [-0.05, 0) is 53.9 Å². The van der Waals surface area contributed by atoms with E-state index in [-0.39, 0.29) is 5.82 Å². The Morgan fingerprint density at radius 2 is 2.05 bits per heavy atom. The van der Waals surface area contributed by atoms with E-state index < -0.39 is 0 Å². The van der Waals surface area contributed by atoms with Crippen molar-refractivity contribution in [3.05, 3.63) is 41.5 Å². The lowest BCUT2D eigenvalue weighted by atomic mass is 9.98. The van der Waals surface area contributed by atoms with E-state index in [4.69, 9.17) is 0 Å². The third-order valence-corrected chi connectivity index (χ3v) is 3.80. The van der Waals surface area contributed by atoms with Crippen LogP contribution in [0, 0.1) is 11.7 Å². The Hall–Kier alpha value is -1.82. The van der Waals surface area contributed by atoms with Gasteiger partial charge in [-0.25, -0.2) is 9.07 Å². The molecule has 0 bridgehead atoms. The number of hydrogen-bond donors (Lipinski definition) is 1. The van der Waals surface area contributed by atoms with Crippen molar-refractivity contribution in [1.29, 1.82) is 0 Å². The molecule has 20 heavy (non-hydrogen) atoms. The van der Waals surface area contributed by atoms with E-state index in [2.05, 4.69) is 20.8 Å². The van der Waals surface area contributed by atoms with Crippen LogP contribution in [0.2, 0.25) is 0 Å². The lowest BCUT2D eigenvalue weighted by Gasteiger charge is -2.22. The molecule has 0 saturated carbocycles. The Morgan fingerprint density at radius 1 is 1.25 bits per heavy atom. The minimum Gasteiger partial charge on any atom is -0.317 e. The maximum absolute atomic E-state index is 13.7. The molecule has 0 aliphatic carbocycles. The van der Waals surface area contributed by atoms with Crippen LogP contribution in [0.4, 0.5) is 4.39 Å². The van der Waals surface area contributed by atoms with Gasteiger partial charge in [-0.2, -0.15) is 0 Å². The lowest BCUT2D eigenvalue weighted by Crippen LogP contribution is -2.30. The molecule has 3 rings (SSSR count). The largest absolute Gasteiger partial charge is 0.317 e. The molecule has 1 aromatic heterocycles. The SMILES string of the molecule is Fc1ccccc1Cc1nnnn1CC1CCNCC1. The molecule has 1 fully saturated rings. The summed E-state index contributed by atoms with van der Waals surface area (Å²) >= 11 is 0. The summed E-state index contributed by atoms with van der Waals surface area (Å²) in [5, 5.41) is 15.2. The van der Waals surface area contributed by atoms with Gasteiger partial charge in [0.15, 0.2) is 5.82 Å². The van der Waals surface area contributed by atoms with Crippen LogP contribution in [0.5, 0.6) is 0 Å². The lowest BCUT2D eigenvalue weighted by molar-refractivity contribution is 0.315. The zero-order valence-corrected chi connectivity index (χ0v) is 11.3. The number of aromatic nitrogens is 4. The van der Waals surface area contributed by atoms with Gasteiger partial charge in [0.2, 0.25) is 0 Å². The highest BCUT2D eigenvalue weighted by Gasteiger charge is 2.17. The molecule has 106 valence electrons. The molecule has 0 radical (unpaired) electrons. The van der Waals surface area contributed by atoms with Crippen molar-refractivity contribution in [1.82, 2.24) is 25.5 Å². The number of hydrogen-bond acceptors (Lipinski definition) is 4. The smallest absolute Gasteiger partial charge is 0.155 e. The first-order valence-corrected chi connectivity index (χ1v) is 7.02. The van der Waals surface area contributed by atoms with Crippen LogP contribution in [0.1, 0.15) is 24.2 Å². The summed E-state index contributed by atoms with van der Waals surface area (Å²) in [4.78, 5) is 0. The van der Waals surface area contributed by atoms with Gasteiger partial charge in [-0.15, -0.1) is 5.10 Å². The van der Waals surface area contributed by atoms with Crippen LogP contribution in [0.3, 0.4) is 0 Å². The van der Waals surface area contributed by atoms with Gasteiger partial charge >= 0.3 is 0 Å². The average Bonchev–Trinajstić information content (AvgIpc) is 2.90. The van der Waals surface area contributed by atoms with Crippen molar-refractivity contribution in [2.24, 2.45) is 5.92 Å². The number of nitrogens with zero attached hydrogens (tertiary/aromatic N) is 4. The van der Waals surface area contributed by atoms with E-state index in [9.17, 15) is 4.39 Å². The standard InChI is InChI=1S/C14H18FN5/c15-13-4-2-1-3-12(13)9-14-17-18-19-20(14)10-11-5-7-16-8-6-11/h1-4,11,16H,5-10H2. The second kappa shape index (κ2) is 6.09. The van der Waals surface area contributed by atoms with Crippen LogP contribution in [0.25, 0.3) is 0 Å². The molecule has 0 spiro atoms. The molecule has 1 aliphatic rings. The Kier molecular flexibility index (Phi) is 4.01. The van der Waals surface area contributed by atoms with Crippen LogP contribution in [-0.2, 0) is 13.0 Å². The van der Waals surface area contributed by atoms with Gasteiger partial charge in [0, 0.05) is 13.0 Å². The minimum atomic E-state index is -0.205. The first-order valence-electron chi connectivity index (χ1n) is 7.02. The summed E-state index contributed by atoms with van der Waals surface area (Å²) in [5.74, 6) is 1.12. The van der Waals surface area contributed by atoms with Crippen LogP contribution < -0.4 is 5.32 Å². The first kappa shape index (κ1) is 13.2. The Morgan fingerprint density at radius 3 is 2.85 bits per heavy atom. The topological polar surface area (TPSA) is 55.6 Å². The highest BCUT2D eigenvalue weighted by molar-refractivity contribution is 5.20. The van der Waals surface area contributed by atoms with Crippen molar-refractivity contribution in [3.63, 3.8) is 0 Å². The van der Waals surface area contributed by atoms with Crippen LogP contribution in [-0.4, -0.2) is 33.3 Å². The number of rotatable bonds is 4. The molecule has 1 N–H and O–H groups in total. The minimum absolute atomic E-state index is 0.205. The Bertz CT molecular complexity index is 562. The van der Waals surface area contributed by atoms with Gasteiger partial charge in [0.1, 0.15) is 5.82 Å². The summed E-state index contributed by atoms with van der Waals surface area (Å²) in [6.45, 7) is 2.92. The predicted octanol–water partition coefficient (Wildman–Crippen LogP) is 1.40. The van der Waals surface area contributed by atoms with Crippen LogP contribution >= 0.6 is 0 Å². The fourth-order valence-corrected chi connectivity index (χ4v) is 2.61. The van der Waals surface area contributed by atoms with E-state index in [0.29, 0.717) is 17.9 Å². The quantitative estimate of drug-likeness (QED) is 0.916. The monoisotopic (exact) mass is 275 g/mol. The van der Waals surface area contributed by atoms with E-state index in [0.717, 1.165) is 38.3 Å². The molecule has 0 unspecified atom stereocenters. The molecule has 1 aromatic carbocycles. The van der Waals surface area contributed by atoms with Crippen molar-refractivity contribution < 1.29 is 4.39 Å². The van der Waals surface area contributed by atoms with E-state index in [1.54, 1.807) is 12.1 Å². The van der Waals surface area contributed by atoms with E-state index in [1.165, 1.54) is 6.07 Å². The molecule has 1 saturated heterocycles. The molecule has 2 heterocycles. The maximum atomic E-state index is 13.7. The number of piperidine rings is 1. The number of benzene rings is 1. The third-order valence-electron chi connectivity index (χ3n) is 3.80. The number of nitrogens with one attached hydrogen (secondary N) is 1. The maximum Gasteiger partial charge on any atom is 0.155 e. The Labute approximate surface area is 117 Å². The highest BCUT2D eigenvalue weighted by Crippen LogP contribution is 2.16. The number of halogens is 1. The average molecular weight is 275 g/mol. The second-order valence-corrected chi connectivity index (χ2v) is 5.24. The van der Waals surface area contributed by atoms with Gasteiger partial charge in [-0.1, -0.05) is 18.2 Å². The summed E-state index contributed by atoms with van der Waals surface area (Å²) in [7, 11) is 0. The van der Waals surface area contributed by atoms with Crippen LogP contribution in [0.15, 0.2) is 24.3 Å². The highest BCUT2D eigenvalue weighted by atomic mass is 19.1. The molecule has 2 aromatic rings.